The third kappa shape index (κ3) is 4.21. The van der Waals surface area contributed by atoms with Crippen molar-refractivity contribution in [2.45, 2.75) is 39.3 Å². The highest BCUT2D eigenvalue weighted by Gasteiger charge is 2.11. The predicted molar refractivity (Wildman–Crippen MR) is 94.2 cm³/mol. The lowest BCUT2D eigenvalue weighted by molar-refractivity contribution is 0.265. The molecule has 0 atom stereocenters. The van der Waals surface area contributed by atoms with Crippen LogP contribution in [0.15, 0.2) is 22.7 Å². The summed E-state index contributed by atoms with van der Waals surface area (Å²) < 4.78 is 3.41. The van der Waals surface area contributed by atoms with Crippen molar-refractivity contribution in [2.24, 2.45) is 0 Å². The summed E-state index contributed by atoms with van der Waals surface area (Å²) in [5, 5.41) is 0. The Morgan fingerprint density at radius 1 is 1.38 bits per heavy atom. The molecule has 0 spiro atoms. The zero-order valence-corrected chi connectivity index (χ0v) is 15.3. The van der Waals surface area contributed by atoms with Gasteiger partial charge in [0.15, 0.2) is 0 Å². The van der Waals surface area contributed by atoms with Crippen LogP contribution in [0.3, 0.4) is 0 Å². The van der Waals surface area contributed by atoms with Crippen LogP contribution >= 0.6 is 27.5 Å². The number of fused-ring (bicyclic) bond motifs is 1. The summed E-state index contributed by atoms with van der Waals surface area (Å²) in [6.07, 6.45) is 1.93. The van der Waals surface area contributed by atoms with Gasteiger partial charge in [-0.3, -0.25) is 0 Å². The van der Waals surface area contributed by atoms with Gasteiger partial charge >= 0.3 is 0 Å². The van der Waals surface area contributed by atoms with E-state index >= 15 is 0 Å². The topological polar surface area (TPSA) is 21.1 Å². The molecule has 0 fully saturated rings. The van der Waals surface area contributed by atoms with Crippen molar-refractivity contribution in [3.05, 3.63) is 28.5 Å². The van der Waals surface area contributed by atoms with Gasteiger partial charge in [-0.25, -0.2) is 4.98 Å². The first-order valence-corrected chi connectivity index (χ1v) is 8.76. The second kappa shape index (κ2) is 7.61. The molecular weight excluding hydrogens is 350 g/mol. The summed E-state index contributed by atoms with van der Waals surface area (Å²) in [5.74, 6) is 1.70. The van der Waals surface area contributed by atoms with Crippen LogP contribution in [0, 0.1) is 0 Å². The summed E-state index contributed by atoms with van der Waals surface area (Å²) in [5.41, 5.74) is 2.24. The van der Waals surface area contributed by atoms with Crippen LogP contribution in [-0.2, 0) is 13.0 Å². The molecule has 0 N–H and O–H groups in total. The van der Waals surface area contributed by atoms with Crippen molar-refractivity contribution in [1.29, 1.82) is 0 Å². The zero-order chi connectivity index (χ0) is 15.4. The van der Waals surface area contributed by atoms with E-state index in [9.17, 15) is 0 Å². The molecule has 2 rings (SSSR count). The molecule has 0 amide bonds. The van der Waals surface area contributed by atoms with Crippen LogP contribution < -0.4 is 0 Å². The first-order valence-electron chi connectivity index (χ1n) is 7.43. The number of hydrogen-bond acceptors (Lipinski definition) is 2. The van der Waals surface area contributed by atoms with Crippen LogP contribution in [0.1, 0.15) is 26.1 Å². The van der Waals surface area contributed by atoms with Crippen molar-refractivity contribution in [1.82, 2.24) is 14.5 Å². The summed E-state index contributed by atoms with van der Waals surface area (Å²) in [4.78, 5) is 7.09. The predicted octanol–water partition coefficient (Wildman–Crippen LogP) is 4.31. The van der Waals surface area contributed by atoms with Crippen LogP contribution in [0.25, 0.3) is 11.0 Å². The number of aryl methyl sites for hydroxylation is 2. The van der Waals surface area contributed by atoms with E-state index in [1.165, 1.54) is 5.52 Å². The van der Waals surface area contributed by atoms with Crippen LogP contribution in [0.4, 0.5) is 0 Å². The Morgan fingerprint density at radius 2 is 2.14 bits per heavy atom. The van der Waals surface area contributed by atoms with Crippen LogP contribution in [0.5, 0.6) is 0 Å². The van der Waals surface area contributed by atoms with Crippen molar-refractivity contribution in [3.8, 4) is 0 Å². The van der Waals surface area contributed by atoms with E-state index in [-0.39, 0.29) is 0 Å². The van der Waals surface area contributed by atoms with Gasteiger partial charge in [0.25, 0.3) is 0 Å². The molecule has 3 nitrogen and oxygen atoms in total. The Balaban J connectivity index is 2.19. The van der Waals surface area contributed by atoms with Gasteiger partial charge in [0.1, 0.15) is 5.82 Å². The van der Waals surface area contributed by atoms with Crippen molar-refractivity contribution in [3.63, 3.8) is 0 Å². The SMILES string of the molecule is CC(C)N(C)CCCn1c(CCCl)nc2ccc(Br)cc21. The maximum Gasteiger partial charge on any atom is 0.111 e. The average molecular weight is 373 g/mol. The van der Waals surface area contributed by atoms with E-state index in [4.69, 9.17) is 16.6 Å². The molecule has 1 aromatic carbocycles. The third-order valence-electron chi connectivity index (χ3n) is 3.88. The molecule has 0 unspecified atom stereocenters. The fourth-order valence-electron chi connectivity index (χ4n) is 2.41. The maximum absolute atomic E-state index is 5.92. The molecular formula is C16H23BrClN3. The zero-order valence-electron chi connectivity index (χ0n) is 12.9. The maximum atomic E-state index is 5.92. The molecule has 2 aromatic rings. The number of rotatable bonds is 7. The molecule has 0 saturated heterocycles. The quantitative estimate of drug-likeness (QED) is 0.675. The van der Waals surface area contributed by atoms with Gasteiger partial charge in [0.05, 0.1) is 11.0 Å². The van der Waals surface area contributed by atoms with E-state index in [2.05, 4.69) is 58.4 Å². The molecule has 0 saturated carbocycles. The monoisotopic (exact) mass is 371 g/mol. The normalized spacial score (nSPS) is 12.0. The van der Waals surface area contributed by atoms with Gasteiger partial charge in [-0.1, -0.05) is 15.9 Å². The number of hydrogen-bond donors (Lipinski definition) is 0. The molecule has 116 valence electrons. The largest absolute Gasteiger partial charge is 0.328 e. The highest BCUT2D eigenvalue weighted by Crippen LogP contribution is 2.22. The summed E-state index contributed by atoms with van der Waals surface area (Å²) in [6.45, 7) is 6.52. The van der Waals surface area contributed by atoms with Gasteiger partial charge in [-0.15, -0.1) is 11.6 Å². The molecule has 0 aliphatic carbocycles. The smallest absolute Gasteiger partial charge is 0.111 e. The second-order valence-electron chi connectivity index (χ2n) is 5.68. The van der Waals surface area contributed by atoms with E-state index in [0.29, 0.717) is 11.9 Å². The first-order chi connectivity index (χ1) is 10.0. The summed E-state index contributed by atoms with van der Waals surface area (Å²) in [7, 11) is 2.17. The lowest BCUT2D eigenvalue weighted by Gasteiger charge is -2.21. The van der Waals surface area contributed by atoms with E-state index in [1.807, 2.05) is 6.07 Å². The molecule has 0 aliphatic heterocycles. The molecule has 21 heavy (non-hydrogen) atoms. The number of benzene rings is 1. The minimum absolute atomic E-state index is 0.584. The van der Waals surface area contributed by atoms with Crippen LogP contribution in [0.2, 0.25) is 0 Å². The summed E-state index contributed by atoms with van der Waals surface area (Å²) >= 11 is 9.47. The van der Waals surface area contributed by atoms with E-state index in [0.717, 1.165) is 41.7 Å². The third-order valence-corrected chi connectivity index (χ3v) is 4.56. The van der Waals surface area contributed by atoms with Crippen molar-refractivity contribution < 1.29 is 0 Å². The van der Waals surface area contributed by atoms with Gasteiger partial charge in [-0.05, 0) is 52.1 Å². The van der Waals surface area contributed by atoms with Crippen LogP contribution in [-0.4, -0.2) is 40.0 Å². The minimum Gasteiger partial charge on any atom is -0.328 e. The van der Waals surface area contributed by atoms with Gasteiger partial charge in [-0.2, -0.15) is 0 Å². The van der Waals surface area contributed by atoms with Gasteiger partial charge in [0, 0.05) is 29.4 Å². The highest BCUT2D eigenvalue weighted by atomic mass is 79.9. The average Bonchev–Trinajstić information content (AvgIpc) is 2.76. The lowest BCUT2D eigenvalue weighted by atomic mass is 10.3. The number of aromatic nitrogens is 2. The second-order valence-corrected chi connectivity index (χ2v) is 6.97. The van der Waals surface area contributed by atoms with Crippen molar-refractivity contribution in [2.75, 3.05) is 19.5 Å². The van der Waals surface area contributed by atoms with E-state index < -0.39 is 0 Å². The Kier molecular flexibility index (Phi) is 6.08. The van der Waals surface area contributed by atoms with E-state index in [1.54, 1.807) is 0 Å². The highest BCUT2D eigenvalue weighted by molar-refractivity contribution is 9.10. The molecule has 0 aliphatic rings. The summed E-state index contributed by atoms with van der Waals surface area (Å²) in [6, 6.07) is 6.83. The number of alkyl halides is 1. The molecule has 1 aromatic heterocycles. The molecule has 5 heteroatoms. The Hall–Kier alpha value is -0.580. The number of imidazole rings is 1. The first kappa shape index (κ1) is 16.8. The van der Waals surface area contributed by atoms with Gasteiger partial charge in [0.2, 0.25) is 0 Å². The lowest BCUT2D eigenvalue weighted by Crippen LogP contribution is -2.28. The fraction of sp³-hybridized carbons (Fsp3) is 0.562. The van der Waals surface area contributed by atoms with Gasteiger partial charge < -0.3 is 9.47 Å². The Morgan fingerprint density at radius 3 is 2.81 bits per heavy atom. The number of halogens is 2. The Bertz CT molecular complexity index is 594. The van der Waals surface area contributed by atoms with Crippen molar-refractivity contribution >= 4 is 38.6 Å². The standard InChI is InChI=1S/C16H23BrClN3/c1-12(2)20(3)9-4-10-21-15-11-13(17)5-6-14(15)19-16(21)7-8-18/h5-6,11-12H,4,7-10H2,1-3H3. The molecule has 1 heterocycles. The Labute approximate surface area is 140 Å². The fourth-order valence-corrected chi connectivity index (χ4v) is 2.93. The minimum atomic E-state index is 0.584. The number of nitrogens with zero attached hydrogens (tertiary/aromatic N) is 3. The molecule has 0 radical (unpaired) electrons. The molecule has 0 bridgehead atoms.